The van der Waals surface area contributed by atoms with E-state index in [0.717, 1.165) is 0 Å². The smallest absolute Gasteiger partial charge is 0.311 e. The van der Waals surface area contributed by atoms with Gasteiger partial charge in [-0.25, -0.2) is 8.42 Å². The lowest BCUT2D eigenvalue weighted by Gasteiger charge is -2.07. The van der Waals surface area contributed by atoms with E-state index in [9.17, 15) is 13.2 Å². The summed E-state index contributed by atoms with van der Waals surface area (Å²) in [6.07, 6.45) is 0.736. The van der Waals surface area contributed by atoms with Crippen LogP contribution in [0.4, 0.5) is 0 Å². The molecule has 1 saturated heterocycles. The van der Waals surface area contributed by atoms with Crippen LogP contribution >= 0.6 is 0 Å². The van der Waals surface area contributed by atoms with Crippen molar-refractivity contribution in [3.05, 3.63) is 30.3 Å². The summed E-state index contributed by atoms with van der Waals surface area (Å²) in [6, 6.07) is 8.79. The van der Waals surface area contributed by atoms with E-state index in [0.29, 0.717) is 12.2 Å². The molecule has 1 aliphatic rings. The monoisotopic (exact) mass is 254 g/mol. The third kappa shape index (κ3) is 3.56. The van der Waals surface area contributed by atoms with E-state index in [1.807, 2.05) is 6.07 Å². The number of carbonyl (C=O) groups excluding carboxylic acids is 1. The summed E-state index contributed by atoms with van der Waals surface area (Å²) >= 11 is 0. The summed E-state index contributed by atoms with van der Waals surface area (Å²) in [5.74, 6) is 0.348. The number of esters is 1. The molecule has 1 atom stereocenters. The van der Waals surface area contributed by atoms with Gasteiger partial charge in [0.1, 0.15) is 5.75 Å². The van der Waals surface area contributed by atoms with Crippen LogP contribution in [0.2, 0.25) is 0 Å². The highest BCUT2D eigenvalue weighted by Gasteiger charge is 2.29. The Hall–Kier alpha value is -1.36. The molecule has 0 spiro atoms. The maximum atomic E-state index is 11.6. The molecule has 17 heavy (non-hydrogen) atoms. The predicted molar refractivity (Wildman–Crippen MR) is 63.5 cm³/mol. The Bertz CT molecular complexity index is 492. The van der Waals surface area contributed by atoms with Crippen molar-refractivity contribution >= 4 is 15.8 Å². The fourth-order valence-corrected chi connectivity index (χ4v) is 3.79. The lowest BCUT2D eigenvalue weighted by atomic mass is 10.1. The molecule has 1 heterocycles. The highest BCUT2D eigenvalue weighted by atomic mass is 32.2. The maximum Gasteiger partial charge on any atom is 0.311 e. The van der Waals surface area contributed by atoms with Crippen LogP contribution in [-0.2, 0) is 14.6 Å². The Balaban J connectivity index is 1.87. The second-order valence-corrected chi connectivity index (χ2v) is 6.49. The molecule has 5 heteroatoms. The van der Waals surface area contributed by atoms with Gasteiger partial charge in [0.25, 0.3) is 0 Å². The zero-order valence-corrected chi connectivity index (χ0v) is 10.2. The van der Waals surface area contributed by atoms with E-state index in [2.05, 4.69) is 0 Å². The van der Waals surface area contributed by atoms with Gasteiger partial charge in [-0.3, -0.25) is 4.79 Å². The summed E-state index contributed by atoms with van der Waals surface area (Å²) in [6.45, 7) is 0. The average molecular weight is 254 g/mol. The topological polar surface area (TPSA) is 60.4 Å². The largest absolute Gasteiger partial charge is 0.427 e. The summed E-state index contributed by atoms with van der Waals surface area (Å²) < 4.78 is 27.6. The fourth-order valence-electron chi connectivity index (χ4n) is 1.93. The van der Waals surface area contributed by atoms with Crippen LogP contribution in [0.5, 0.6) is 5.75 Å². The molecule has 0 amide bonds. The van der Waals surface area contributed by atoms with Crippen molar-refractivity contribution in [2.24, 2.45) is 5.92 Å². The van der Waals surface area contributed by atoms with Crippen LogP contribution in [0, 0.1) is 5.92 Å². The number of para-hydroxylation sites is 1. The molecule has 0 N–H and O–H groups in total. The molecule has 1 unspecified atom stereocenters. The van der Waals surface area contributed by atoms with Crippen molar-refractivity contribution in [1.29, 1.82) is 0 Å². The Morgan fingerprint density at radius 3 is 2.59 bits per heavy atom. The van der Waals surface area contributed by atoms with Crippen LogP contribution in [0.15, 0.2) is 30.3 Å². The summed E-state index contributed by atoms with van der Waals surface area (Å²) in [7, 11) is -2.92. The van der Waals surface area contributed by atoms with E-state index >= 15 is 0 Å². The van der Waals surface area contributed by atoms with Gasteiger partial charge in [-0.15, -0.1) is 0 Å². The minimum Gasteiger partial charge on any atom is -0.427 e. The number of carbonyl (C=O) groups is 1. The zero-order valence-electron chi connectivity index (χ0n) is 9.33. The summed E-state index contributed by atoms with van der Waals surface area (Å²) in [4.78, 5) is 11.6. The van der Waals surface area contributed by atoms with Crippen molar-refractivity contribution in [3.63, 3.8) is 0 Å². The molecule has 1 aromatic rings. The first kappa shape index (κ1) is 12.1. The molecule has 2 rings (SSSR count). The predicted octanol–water partition coefficient (Wildman–Crippen LogP) is 1.42. The van der Waals surface area contributed by atoms with E-state index in [1.54, 1.807) is 24.3 Å². The van der Waals surface area contributed by atoms with Gasteiger partial charge >= 0.3 is 5.97 Å². The number of ether oxygens (including phenoxy) is 1. The maximum absolute atomic E-state index is 11.6. The molecular formula is C12H14O4S. The van der Waals surface area contributed by atoms with Crippen LogP contribution in [0.25, 0.3) is 0 Å². The molecule has 0 bridgehead atoms. The number of sulfone groups is 1. The molecule has 1 aromatic carbocycles. The first-order valence-electron chi connectivity index (χ1n) is 5.51. The third-order valence-electron chi connectivity index (χ3n) is 2.76. The normalized spacial score (nSPS) is 22.2. The second-order valence-electron chi connectivity index (χ2n) is 4.26. The number of hydrogen-bond donors (Lipinski definition) is 0. The van der Waals surface area contributed by atoms with Gasteiger partial charge in [0, 0.05) is 6.42 Å². The Morgan fingerprint density at radius 1 is 1.29 bits per heavy atom. The zero-order chi connectivity index (χ0) is 12.3. The van der Waals surface area contributed by atoms with Gasteiger partial charge < -0.3 is 4.74 Å². The lowest BCUT2D eigenvalue weighted by Crippen LogP contribution is -2.15. The Morgan fingerprint density at radius 2 is 2.00 bits per heavy atom. The SMILES string of the molecule is O=C(CC1CCS(=O)(=O)C1)Oc1ccccc1. The molecule has 1 fully saturated rings. The van der Waals surface area contributed by atoms with E-state index < -0.39 is 9.84 Å². The molecule has 0 aliphatic carbocycles. The van der Waals surface area contributed by atoms with Gasteiger partial charge in [-0.05, 0) is 24.5 Å². The Kier molecular flexibility index (Phi) is 3.47. The van der Waals surface area contributed by atoms with Gasteiger partial charge in [-0.2, -0.15) is 0 Å². The molecule has 1 aliphatic heterocycles. The van der Waals surface area contributed by atoms with Crippen LogP contribution < -0.4 is 4.74 Å². The highest BCUT2D eigenvalue weighted by molar-refractivity contribution is 7.91. The fraction of sp³-hybridized carbons (Fsp3) is 0.417. The standard InChI is InChI=1S/C12H14O4S/c13-12(16-11-4-2-1-3-5-11)8-10-6-7-17(14,15)9-10/h1-5,10H,6-9H2. The lowest BCUT2D eigenvalue weighted by molar-refractivity contribution is -0.135. The molecule has 4 nitrogen and oxygen atoms in total. The number of hydrogen-bond acceptors (Lipinski definition) is 4. The van der Waals surface area contributed by atoms with Crippen molar-refractivity contribution < 1.29 is 17.9 Å². The van der Waals surface area contributed by atoms with E-state index in [1.165, 1.54) is 0 Å². The van der Waals surface area contributed by atoms with E-state index in [4.69, 9.17) is 4.74 Å². The molecule has 0 aromatic heterocycles. The first-order valence-corrected chi connectivity index (χ1v) is 7.33. The summed E-state index contributed by atoms with van der Waals surface area (Å²) in [5.41, 5.74) is 0. The van der Waals surface area contributed by atoms with Gasteiger partial charge in [-0.1, -0.05) is 18.2 Å². The van der Waals surface area contributed by atoms with Crippen LogP contribution in [0.3, 0.4) is 0 Å². The minimum absolute atomic E-state index is 0.0868. The third-order valence-corrected chi connectivity index (χ3v) is 4.59. The molecule has 0 radical (unpaired) electrons. The van der Waals surface area contributed by atoms with Gasteiger partial charge in [0.2, 0.25) is 0 Å². The average Bonchev–Trinajstić information content (AvgIpc) is 2.59. The van der Waals surface area contributed by atoms with Gasteiger partial charge in [0.15, 0.2) is 9.84 Å². The quantitative estimate of drug-likeness (QED) is 0.604. The van der Waals surface area contributed by atoms with Crippen LogP contribution in [-0.4, -0.2) is 25.9 Å². The van der Waals surface area contributed by atoms with E-state index in [-0.39, 0.29) is 29.8 Å². The number of rotatable bonds is 3. The van der Waals surface area contributed by atoms with Gasteiger partial charge in [0.05, 0.1) is 11.5 Å². The first-order chi connectivity index (χ1) is 8.05. The second kappa shape index (κ2) is 4.87. The number of benzene rings is 1. The van der Waals surface area contributed by atoms with Crippen LogP contribution in [0.1, 0.15) is 12.8 Å². The van der Waals surface area contributed by atoms with Crippen molar-refractivity contribution in [3.8, 4) is 5.75 Å². The summed E-state index contributed by atoms with van der Waals surface area (Å²) in [5, 5.41) is 0. The van der Waals surface area contributed by atoms with Crippen molar-refractivity contribution in [2.45, 2.75) is 12.8 Å². The van der Waals surface area contributed by atoms with Crippen molar-refractivity contribution in [1.82, 2.24) is 0 Å². The van der Waals surface area contributed by atoms with Crippen molar-refractivity contribution in [2.75, 3.05) is 11.5 Å². The molecular weight excluding hydrogens is 240 g/mol. The Labute approximate surface area is 101 Å². The molecule has 92 valence electrons. The highest BCUT2D eigenvalue weighted by Crippen LogP contribution is 2.22. The minimum atomic E-state index is -2.92. The molecule has 0 saturated carbocycles.